The van der Waals surface area contributed by atoms with Gasteiger partial charge in [-0.05, 0) is 30.7 Å². The number of hydrogen-bond donors (Lipinski definition) is 0. The first kappa shape index (κ1) is 17.7. The number of nitrogens with zero attached hydrogens (tertiary/aromatic N) is 1. The van der Waals surface area contributed by atoms with Crippen LogP contribution < -0.4 is 9.47 Å². The quantitative estimate of drug-likeness (QED) is 0.373. The van der Waals surface area contributed by atoms with E-state index in [1.165, 1.54) is 18.2 Å². The summed E-state index contributed by atoms with van der Waals surface area (Å²) in [7, 11) is 0. The van der Waals surface area contributed by atoms with E-state index in [0.29, 0.717) is 21.5 Å². The van der Waals surface area contributed by atoms with Gasteiger partial charge in [-0.2, -0.15) is 0 Å². The van der Waals surface area contributed by atoms with Crippen LogP contribution in [0.2, 0.25) is 10.0 Å². The van der Waals surface area contributed by atoms with Gasteiger partial charge in [0.2, 0.25) is 5.75 Å². The highest BCUT2D eigenvalue weighted by atomic mass is 35.5. The van der Waals surface area contributed by atoms with E-state index < -0.39 is 4.92 Å². The average Bonchev–Trinajstić information content (AvgIpc) is 2.48. The molecule has 0 aliphatic heterocycles. The van der Waals surface area contributed by atoms with Gasteiger partial charge in [-0.1, -0.05) is 23.2 Å². The lowest BCUT2D eigenvalue weighted by Gasteiger charge is -2.12. The third kappa shape index (κ3) is 4.41. The van der Waals surface area contributed by atoms with Gasteiger partial charge in [0.15, 0.2) is 0 Å². The molecule has 0 radical (unpaired) electrons. The van der Waals surface area contributed by atoms with Crippen LogP contribution in [0, 0.1) is 17.0 Å². The van der Waals surface area contributed by atoms with E-state index in [-0.39, 0.29) is 23.9 Å². The van der Waals surface area contributed by atoms with Crippen molar-refractivity contribution in [2.24, 2.45) is 0 Å². The standard InChI is InChI=1S/C15H12Cl3NO4/c1-9-6-10(17)7-12(18)15(9)23-11-2-3-13(19(20)21)14(8-11)22-5-4-16/h2-3,6-8H,4-5H2,1H3. The molecule has 0 aromatic heterocycles. The first-order valence-electron chi connectivity index (χ1n) is 6.53. The first-order chi connectivity index (χ1) is 10.9. The number of ether oxygens (including phenoxy) is 2. The number of aryl methyl sites for hydroxylation is 1. The van der Waals surface area contributed by atoms with Crippen LogP contribution in [0.3, 0.4) is 0 Å². The van der Waals surface area contributed by atoms with E-state index in [4.69, 9.17) is 44.3 Å². The predicted molar refractivity (Wildman–Crippen MR) is 90.6 cm³/mol. The summed E-state index contributed by atoms with van der Waals surface area (Å²) >= 11 is 17.6. The van der Waals surface area contributed by atoms with Gasteiger partial charge in [-0.25, -0.2) is 0 Å². The minimum absolute atomic E-state index is 0.0795. The fourth-order valence-electron chi connectivity index (χ4n) is 1.91. The average molecular weight is 377 g/mol. The maximum absolute atomic E-state index is 11.0. The molecule has 2 aromatic rings. The van der Waals surface area contributed by atoms with Gasteiger partial charge in [0.25, 0.3) is 0 Å². The van der Waals surface area contributed by atoms with Crippen LogP contribution in [0.5, 0.6) is 17.2 Å². The molecular formula is C15H12Cl3NO4. The smallest absolute Gasteiger partial charge is 0.311 e. The number of nitro benzene ring substituents is 1. The summed E-state index contributed by atoms with van der Waals surface area (Å²) in [5.41, 5.74) is 0.575. The van der Waals surface area contributed by atoms with Crippen molar-refractivity contribution >= 4 is 40.5 Å². The fourth-order valence-corrected chi connectivity index (χ4v) is 2.62. The molecule has 0 atom stereocenters. The lowest BCUT2D eigenvalue weighted by atomic mass is 10.2. The Morgan fingerprint density at radius 1 is 1.22 bits per heavy atom. The summed E-state index contributed by atoms with van der Waals surface area (Å²) in [6.07, 6.45) is 0. The Hall–Kier alpha value is -1.69. The molecule has 0 unspecified atom stereocenters. The first-order valence-corrected chi connectivity index (χ1v) is 7.82. The van der Waals surface area contributed by atoms with E-state index in [0.717, 1.165) is 5.56 Å². The molecule has 0 saturated heterocycles. The normalized spacial score (nSPS) is 10.4. The largest absolute Gasteiger partial charge is 0.485 e. The zero-order valence-electron chi connectivity index (χ0n) is 12.0. The molecule has 0 saturated carbocycles. The zero-order chi connectivity index (χ0) is 17.0. The summed E-state index contributed by atoms with van der Waals surface area (Å²) in [5, 5.41) is 11.9. The summed E-state index contributed by atoms with van der Waals surface area (Å²) in [4.78, 5) is 10.5. The molecule has 2 rings (SSSR count). The van der Waals surface area contributed by atoms with Gasteiger partial charge in [0.1, 0.15) is 18.1 Å². The van der Waals surface area contributed by atoms with Crippen LogP contribution in [-0.4, -0.2) is 17.4 Å². The third-order valence-corrected chi connectivity index (χ3v) is 3.53. The molecule has 5 nitrogen and oxygen atoms in total. The molecule has 0 aliphatic rings. The van der Waals surface area contributed by atoms with Gasteiger partial charge < -0.3 is 9.47 Å². The van der Waals surface area contributed by atoms with E-state index in [2.05, 4.69) is 0 Å². The lowest BCUT2D eigenvalue weighted by Crippen LogP contribution is -2.01. The van der Waals surface area contributed by atoms with E-state index in [1.54, 1.807) is 19.1 Å². The minimum Gasteiger partial charge on any atom is -0.485 e. The van der Waals surface area contributed by atoms with Crippen molar-refractivity contribution in [1.29, 1.82) is 0 Å². The number of benzene rings is 2. The molecule has 0 heterocycles. The van der Waals surface area contributed by atoms with Crippen LogP contribution in [-0.2, 0) is 0 Å². The molecule has 0 amide bonds. The molecule has 2 aromatic carbocycles. The highest BCUT2D eigenvalue weighted by Crippen LogP contribution is 2.38. The predicted octanol–water partition coefficient (Wildman–Crippen LogP) is 5.62. The molecule has 23 heavy (non-hydrogen) atoms. The molecule has 0 fully saturated rings. The van der Waals surface area contributed by atoms with Gasteiger partial charge in [-0.15, -0.1) is 11.6 Å². The number of rotatable bonds is 6. The van der Waals surface area contributed by atoms with Crippen molar-refractivity contribution in [3.63, 3.8) is 0 Å². The van der Waals surface area contributed by atoms with E-state index in [9.17, 15) is 10.1 Å². The summed E-state index contributed by atoms with van der Waals surface area (Å²) in [5.74, 6) is 1.07. The molecule has 0 bridgehead atoms. The Morgan fingerprint density at radius 3 is 2.57 bits per heavy atom. The van der Waals surface area contributed by atoms with Crippen LogP contribution >= 0.6 is 34.8 Å². The fraction of sp³-hybridized carbons (Fsp3) is 0.200. The maximum Gasteiger partial charge on any atom is 0.311 e. The topological polar surface area (TPSA) is 61.6 Å². The molecule has 8 heteroatoms. The Morgan fingerprint density at radius 2 is 1.96 bits per heavy atom. The number of hydrogen-bond acceptors (Lipinski definition) is 4. The van der Waals surface area contributed by atoms with Crippen LogP contribution in [0.4, 0.5) is 5.69 Å². The van der Waals surface area contributed by atoms with Crippen LogP contribution in [0.15, 0.2) is 30.3 Å². The van der Waals surface area contributed by atoms with Gasteiger partial charge in [0.05, 0.1) is 15.8 Å². The molecule has 0 aliphatic carbocycles. The Balaban J connectivity index is 2.35. The van der Waals surface area contributed by atoms with E-state index in [1.807, 2.05) is 0 Å². The van der Waals surface area contributed by atoms with Crippen molar-refractivity contribution in [3.8, 4) is 17.2 Å². The SMILES string of the molecule is Cc1cc(Cl)cc(Cl)c1Oc1ccc([N+](=O)[O-])c(OCCCl)c1. The highest BCUT2D eigenvalue weighted by Gasteiger charge is 2.17. The zero-order valence-corrected chi connectivity index (χ0v) is 14.3. The highest BCUT2D eigenvalue weighted by molar-refractivity contribution is 6.35. The van der Waals surface area contributed by atoms with Gasteiger partial charge in [0, 0.05) is 17.2 Å². The molecule has 0 spiro atoms. The van der Waals surface area contributed by atoms with Crippen molar-refractivity contribution < 1.29 is 14.4 Å². The van der Waals surface area contributed by atoms with Crippen molar-refractivity contribution in [2.75, 3.05) is 12.5 Å². The second-order valence-corrected chi connectivity index (χ2v) is 5.78. The summed E-state index contributed by atoms with van der Waals surface area (Å²) in [6, 6.07) is 7.46. The Bertz CT molecular complexity index is 714. The number of nitro groups is 1. The summed E-state index contributed by atoms with van der Waals surface area (Å²) < 4.78 is 11.0. The summed E-state index contributed by atoms with van der Waals surface area (Å²) in [6.45, 7) is 1.94. The minimum atomic E-state index is -0.534. The molecular weight excluding hydrogens is 365 g/mol. The second kappa shape index (κ2) is 7.73. The lowest BCUT2D eigenvalue weighted by molar-refractivity contribution is -0.385. The number of alkyl halides is 1. The molecule has 0 N–H and O–H groups in total. The number of halogens is 3. The van der Waals surface area contributed by atoms with Crippen molar-refractivity contribution in [2.45, 2.75) is 6.92 Å². The van der Waals surface area contributed by atoms with Crippen LogP contribution in [0.1, 0.15) is 5.56 Å². The molecule has 122 valence electrons. The Labute approximate surface area is 147 Å². The van der Waals surface area contributed by atoms with Gasteiger partial charge in [-0.3, -0.25) is 10.1 Å². The van der Waals surface area contributed by atoms with Crippen molar-refractivity contribution in [1.82, 2.24) is 0 Å². The maximum atomic E-state index is 11.0. The van der Waals surface area contributed by atoms with E-state index >= 15 is 0 Å². The Kier molecular flexibility index (Phi) is 5.93. The third-order valence-electron chi connectivity index (χ3n) is 2.88. The monoisotopic (exact) mass is 375 g/mol. The van der Waals surface area contributed by atoms with Crippen LogP contribution in [0.25, 0.3) is 0 Å². The van der Waals surface area contributed by atoms with Crippen molar-refractivity contribution in [3.05, 3.63) is 56.1 Å². The van der Waals surface area contributed by atoms with Gasteiger partial charge >= 0.3 is 5.69 Å². The second-order valence-electron chi connectivity index (χ2n) is 4.56.